The smallest absolute Gasteiger partial charge is 0.160 e. The Morgan fingerprint density at radius 2 is 0.553 bits per heavy atom. The van der Waals surface area contributed by atoms with Crippen molar-refractivity contribution in [2.45, 2.75) is 105 Å². The van der Waals surface area contributed by atoms with E-state index in [1.165, 1.54) is 22.3 Å². The van der Waals surface area contributed by atoms with Crippen LogP contribution in [0.15, 0.2) is 188 Å². The lowest BCUT2D eigenvalue weighted by atomic mass is 9.86. The SMILES string of the molecule is CC(C)(C)c1ccc(N(c2ccc(C(C)(C)C)cc2)c2cc3oc4cc5c(cc4c3c3c2oc2ccccc23)oc2cc(N(c3ccc(C(C)(C)C)cc3)c3ccc(C(C)(C)C)cc3)c3oc4ccccc4c3c25)cc1. The van der Waals surface area contributed by atoms with Crippen molar-refractivity contribution in [1.29, 1.82) is 0 Å². The van der Waals surface area contributed by atoms with Gasteiger partial charge in [-0.2, -0.15) is 0 Å². The Morgan fingerprint density at radius 1 is 0.263 bits per heavy atom. The Morgan fingerprint density at radius 3 is 0.842 bits per heavy atom. The molecule has 13 aromatic rings. The Labute approximate surface area is 444 Å². The van der Waals surface area contributed by atoms with Crippen LogP contribution < -0.4 is 9.80 Å². The molecular weight excluding hydrogens is 933 g/mol. The molecule has 0 saturated carbocycles. The second-order valence-electron chi connectivity index (χ2n) is 25.0. The highest BCUT2D eigenvalue weighted by Gasteiger charge is 2.30. The fourth-order valence-corrected chi connectivity index (χ4v) is 11.4. The number of fused-ring (bicyclic) bond motifs is 14. The van der Waals surface area contributed by atoms with Crippen molar-refractivity contribution < 1.29 is 17.7 Å². The van der Waals surface area contributed by atoms with E-state index in [1.807, 2.05) is 12.1 Å². The molecule has 0 amide bonds. The van der Waals surface area contributed by atoms with Crippen LogP contribution in [0.3, 0.4) is 0 Å². The second kappa shape index (κ2) is 16.6. The van der Waals surface area contributed by atoms with Crippen molar-refractivity contribution in [3.8, 4) is 0 Å². The molecule has 6 heteroatoms. The van der Waals surface area contributed by atoms with Crippen LogP contribution in [0.4, 0.5) is 34.1 Å². The third kappa shape index (κ3) is 7.66. The van der Waals surface area contributed by atoms with Crippen LogP contribution >= 0.6 is 0 Å². The highest BCUT2D eigenvalue weighted by Crippen LogP contribution is 2.52. The average Bonchev–Trinajstić information content (AvgIpc) is 4.15. The molecule has 76 heavy (non-hydrogen) atoms. The molecular formula is C70H64N2O4. The van der Waals surface area contributed by atoms with Gasteiger partial charge in [0.1, 0.15) is 33.5 Å². The topological polar surface area (TPSA) is 59.0 Å². The number of para-hydroxylation sites is 2. The van der Waals surface area contributed by atoms with Crippen LogP contribution in [0.5, 0.6) is 0 Å². The zero-order valence-corrected chi connectivity index (χ0v) is 45.7. The van der Waals surface area contributed by atoms with Crippen molar-refractivity contribution in [2.75, 3.05) is 9.80 Å². The van der Waals surface area contributed by atoms with E-state index in [2.05, 4.69) is 251 Å². The predicted molar refractivity (Wildman–Crippen MR) is 320 cm³/mol. The summed E-state index contributed by atoms with van der Waals surface area (Å²) in [6, 6.07) is 61.2. The second-order valence-corrected chi connectivity index (χ2v) is 25.0. The molecule has 0 N–H and O–H groups in total. The maximum Gasteiger partial charge on any atom is 0.160 e. The van der Waals surface area contributed by atoms with Gasteiger partial charge in [-0.15, -0.1) is 0 Å². The summed E-state index contributed by atoms with van der Waals surface area (Å²) in [6.45, 7) is 27.1. The summed E-state index contributed by atoms with van der Waals surface area (Å²) in [5.41, 5.74) is 17.2. The molecule has 0 aliphatic heterocycles. The Bertz CT molecular complexity index is 4000. The van der Waals surface area contributed by atoms with Gasteiger partial charge in [-0.3, -0.25) is 0 Å². The summed E-state index contributed by atoms with van der Waals surface area (Å²) in [5, 5.41) is 7.90. The molecule has 0 radical (unpaired) electrons. The monoisotopic (exact) mass is 996 g/mol. The number of anilines is 6. The number of furan rings is 4. The fourth-order valence-electron chi connectivity index (χ4n) is 11.4. The highest BCUT2D eigenvalue weighted by molar-refractivity contribution is 6.33. The highest BCUT2D eigenvalue weighted by atomic mass is 16.3. The Balaban J connectivity index is 1.07. The number of nitrogens with zero attached hydrogens (tertiary/aromatic N) is 2. The van der Waals surface area contributed by atoms with Gasteiger partial charge in [-0.25, -0.2) is 0 Å². The van der Waals surface area contributed by atoms with Crippen molar-refractivity contribution in [1.82, 2.24) is 0 Å². The first-order valence-electron chi connectivity index (χ1n) is 26.7. The third-order valence-corrected chi connectivity index (χ3v) is 15.7. The minimum absolute atomic E-state index is 0.00161. The summed E-state index contributed by atoms with van der Waals surface area (Å²) in [6.07, 6.45) is 0. The molecule has 6 nitrogen and oxygen atoms in total. The van der Waals surface area contributed by atoms with E-state index in [9.17, 15) is 0 Å². The fraction of sp³-hybridized carbons (Fsp3) is 0.229. The van der Waals surface area contributed by atoms with E-state index in [0.29, 0.717) is 0 Å². The summed E-state index contributed by atoms with van der Waals surface area (Å²) in [5.74, 6) is 0. The normalized spacial score (nSPS) is 13.0. The van der Waals surface area contributed by atoms with Crippen LogP contribution in [0.1, 0.15) is 105 Å². The van der Waals surface area contributed by atoms with Crippen LogP contribution in [-0.2, 0) is 21.7 Å². The molecule has 4 heterocycles. The van der Waals surface area contributed by atoms with E-state index in [0.717, 1.165) is 122 Å². The van der Waals surface area contributed by atoms with Gasteiger partial charge in [0.15, 0.2) is 11.2 Å². The van der Waals surface area contributed by atoms with Gasteiger partial charge in [0.2, 0.25) is 0 Å². The molecule has 378 valence electrons. The standard InChI is InChI=1S/C70H64N2O4/c1-67(2,3)41-21-29-45(30-22-41)71(46-31-23-42(24-32-46)68(4,5)6)53-39-59-61(63-49-17-13-15-19-55(49)75-65(53)63)51-37-58-52(38-57(51)73-59)62-60(74-58)40-54(66-64(62)50-18-14-16-20-56(50)76-66)72(47-33-25-43(26-34-47)69(7,8)9)48-35-27-44(28-36-48)70(10,11)12/h13-40H,1-12H3. The van der Waals surface area contributed by atoms with E-state index >= 15 is 0 Å². The molecule has 13 rings (SSSR count). The van der Waals surface area contributed by atoms with Gasteiger partial charge in [0.05, 0.1) is 11.4 Å². The van der Waals surface area contributed by atoms with Crippen molar-refractivity contribution in [3.63, 3.8) is 0 Å². The van der Waals surface area contributed by atoms with Crippen LogP contribution in [0.25, 0.3) is 87.8 Å². The van der Waals surface area contributed by atoms with Gasteiger partial charge in [-0.1, -0.05) is 168 Å². The number of rotatable bonds is 6. The molecule has 0 aliphatic rings. The number of benzene rings is 9. The van der Waals surface area contributed by atoms with Crippen LogP contribution in [-0.4, -0.2) is 0 Å². The Hall–Kier alpha value is -8.22. The third-order valence-electron chi connectivity index (χ3n) is 15.7. The van der Waals surface area contributed by atoms with Gasteiger partial charge in [0.25, 0.3) is 0 Å². The number of hydrogen-bond donors (Lipinski definition) is 0. The first-order chi connectivity index (χ1) is 36.2. The lowest BCUT2D eigenvalue weighted by Gasteiger charge is -2.28. The summed E-state index contributed by atoms with van der Waals surface area (Å²) in [4.78, 5) is 4.63. The first-order valence-corrected chi connectivity index (χ1v) is 26.7. The zero-order valence-electron chi connectivity index (χ0n) is 45.7. The van der Waals surface area contributed by atoms with Crippen molar-refractivity contribution >= 4 is 122 Å². The number of hydrogen-bond acceptors (Lipinski definition) is 6. The van der Waals surface area contributed by atoms with Gasteiger partial charge < -0.3 is 27.5 Å². The quantitative estimate of drug-likeness (QED) is 0.165. The van der Waals surface area contributed by atoms with Crippen molar-refractivity contribution in [2.24, 2.45) is 0 Å². The maximum atomic E-state index is 7.18. The average molecular weight is 997 g/mol. The van der Waals surface area contributed by atoms with E-state index in [1.54, 1.807) is 0 Å². The molecule has 4 aromatic heterocycles. The molecule has 0 unspecified atom stereocenters. The molecule has 0 aliphatic carbocycles. The summed E-state index contributed by atoms with van der Waals surface area (Å²) in [7, 11) is 0. The minimum Gasteiger partial charge on any atom is -0.456 e. The van der Waals surface area contributed by atoms with Gasteiger partial charge in [0, 0.05) is 78.0 Å². The first kappa shape index (κ1) is 47.5. The lowest BCUT2D eigenvalue weighted by molar-refractivity contribution is 0.590. The largest absolute Gasteiger partial charge is 0.456 e. The summed E-state index contributed by atoms with van der Waals surface area (Å²) >= 11 is 0. The van der Waals surface area contributed by atoms with E-state index < -0.39 is 0 Å². The van der Waals surface area contributed by atoms with E-state index in [4.69, 9.17) is 17.7 Å². The predicted octanol–water partition coefficient (Wildman–Crippen LogP) is 21.4. The van der Waals surface area contributed by atoms with Gasteiger partial charge >= 0.3 is 0 Å². The molecule has 0 bridgehead atoms. The van der Waals surface area contributed by atoms with Crippen LogP contribution in [0.2, 0.25) is 0 Å². The lowest BCUT2D eigenvalue weighted by Crippen LogP contribution is -2.14. The van der Waals surface area contributed by atoms with Crippen molar-refractivity contribution in [3.05, 3.63) is 192 Å². The molecule has 0 saturated heterocycles. The molecule has 9 aromatic carbocycles. The van der Waals surface area contributed by atoms with Crippen LogP contribution in [0, 0.1) is 0 Å². The molecule has 0 atom stereocenters. The Kier molecular flexibility index (Phi) is 10.4. The van der Waals surface area contributed by atoms with E-state index in [-0.39, 0.29) is 21.7 Å². The zero-order chi connectivity index (χ0) is 52.8. The molecule has 0 spiro atoms. The summed E-state index contributed by atoms with van der Waals surface area (Å²) < 4.78 is 28.4. The van der Waals surface area contributed by atoms with Gasteiger partial charge in [-0.05, 0) is 117 Å². The molecule has 0 fully saturated rings. The minimum atomic E-state index is -0.00161. The maximum absolute atomic E-state index is 7.18.